The summed E-state index contributed by atoms with van der Waals surface area (Å²) in [4.78, 5) is 32.0. The first-order valence-corrected chi connectivity index (χ1v) is 9.90. The van der Waals surface area contributed by atoms with Crippen LogP contribution in [0.3, 0.4) is 0 Å². The van der Waals surface area contributed by atoms with Crippen LogP contribution in [-0.2, 0) is 9.59 Å². The fourth-order valence-electron chi connectivity index (χ4n) is 3.21. The number of aromatic nitrogens is 3. The Labute approximate surface area is 183 Å². The summed E-state index contributed by atoms with van der Waals surface area (Å²) in [7, 11) is 1.50. The van der Waals surface area contributed by atoms with E-state index in [0.717, 1.165) is 11.3 Å². The summed E-state index contributed by atoms with van der Waals surface area (Å²) < 4.78 is 7.18. The molecule has 0 radical (unpaired) electrons. The molecule has 32 heavy (non-hydrogen) atoms. The fraction of sp³-hybridized carbons (Fsp3) is 0.130. The van der Waals surface area contributed by atoms with Crippen LogP contribution in [-0.4, -0.2) is 38.5 Å². The smallest absolute Gasteiger partial charge is 0.303 e. The van der Waals surface area contributed by atoms with Crippen LogP contribution in [0, 0.1) is 0 Å². The van der Waals surface area contributed by atoms with Crippen molar-refractivity contribution in [3.05, 3.63) is 67.0 Å². The Kier molecular flexibility index (Phi) is 5.98. The van der Waals surface area contributed by atoms with Crippen LogP contribution in [0.2, 0.25) is 0 Å². The third-order valence-corrected chi connectivity index (χ3v) is 4.75. The Morgan fingerprint density at radius 1 is 1.09 bits per heavy atom. The van der Waals surface area contributed by atoms with E-state index < -0.39 is 11.9 Å². The number of carbonyl (C=O) groups is 2. The number of carboxylic acid groups (broad SMARTS) is 1. The first kappa shape index (κ1) is 20.9. The van der Waals surface area contributed by atoms with E-state index in [1.807, 2.05) is 53.1 Å². The molecule has 3 N–H and O–H groups in total. The van der Waals surface area contributed by atoms with Crippen LogP contribution < -0.4 is 15.4 Å². The van der Waals surface area contributed by atoms with Gasteiger partial charge in [0.2, 0.25) is 11.9 Å². The number of hydrogen-bond acceptors (Lipinski definition) is 6. The van der Waals surface area contributed by atoms with E-state index >= 15 is 0 Å². The standard InChI is InChI=1S/C23H21N5O4/c1-32-19-8-7-15(13-18(19)26-21(29)9-10-22(30)31)17-14-20-24-11-12-28(20)23(27-17)25-16-5-3-2-4-6-16/h2-8,11-14H,9-10H2,1H3,(H,25,27)(H,26,29)(H,30,31). The van der Waals surface area contributed by atoms with Gasteiger partial charge < -0.3 is 20.5 Å². The number of amides is 1. The molecule has 0 bridgehead atoms. The van der Waals surface area contributed by atoms with Crippen LogP contribution in [0.25, 0.3) is 16.9 Å². The zero-order chi connectivity index (χ0) is 22.5. The van der Waals surface area contributed by atoms with Crippen LogP contribution in [0.4, 0.5) is 17.3 Å². The third kappa shape index (κ3) is 4.67. The first-order chi connectivity index (χ1) is 15.5. The molecule has 4 aromatic rings. The van der Waals surface area contributed by atoms with Crippen LogP contribution in [0.5, 0.6) is 5.75 Å². The van der Waals surface area contributed by atoms with Gasteiger partial charge in [-0.3, -0.25) is 14.0 Å². The molecule has 0 unspecified atom stereocenters. The Bertz CT molecular complexity index is 1270. The number of benzene rings is 2. The molecule has 0 aliphatic heterocycles. The van der Waals surface area contributed by atoms with Crippen molar-refractivity contribution in [1.29, 1.82) is 0 Å². The van der Waals surface area contributed by atoms with Crippen molar-refractivity contribution in [2.45, 2.75) is 12.8 Å². The molecule has 2 aromatic heterocycles. The highest BCUT2D eigenvalue weighted by atomic mass is 16.5. The lowest BCUT2D eigenvalue weighted by atomic mass is 10.1. The molecule has 0 saturated heterocycles. The zero-order valence-corrected chi connectivity index (χ0v) is 17.3. The molecule has 2 aromatic carbocycles. The van der Waals surface area contributed by atoms with Crippen molar-refractivity contribution in [3.8, 4) is 17.0 Å². The summed E-state index contributed by atoms with van der Waals surface area (Å²) in [6.07, 6.45) is 3.13. The second-order valence-corrected chi connectivity index (χ2v) is 6.97. The molecular formula is C23H21N5O4. The van der Waals surface area contributed by atoms with Gasteiger partial charge in [-0.05, 0) is 30.3 Å². The second kappa shape index (κ2) is 9.17. The van der Waals surface area contributed by atoms with Crippen LogP contribution in [0.1, 0.15) is 12.8 Å². The average Bonchev–Trinajstić information content (AvgIpc) is 3.27. The maximum Gasteiger partial charge on any atom is 0.303 e. The average molecular weight is 431 g/mol. The van der Waals surface area contributed by atoms with E-state index in [2.05, 4.69) is 15.6 Å². The van der Waals surface area contributed by atoms with Gasteiger partial charge in [0.1, 0.15) is 11.4 Å². The normalized spacial score (nSPS) is 10.7. The number of ether oxygens (including phenoxy) is 1. The van der Waals surface area contributed by atoms with Gasteiger partial charge in [0.25, 0.3) is 0 Å². The Morgan fingerprint density at radius 3 is 2.66 bits per heavy atom. The van der Waals surface area contributed by atoms with Gasteiger partial charge >= 0.3 is 5.97 Å². The number of nitrogens with one attached hydrogen (secondary N) is 2. The van der Waals surface area contributed by atoms with Crippen molar-refractivity contribution >= 4 is 34.8 Å². The summed E-state index contributed by atoms with van der Waals surface area (Å²) in [5.41, 5.74) is 3.40. The van der Waals surface area contributed by atoms with E-state index in [9.17, 15) is 9.59 Å². The zero-order valence-electron chi connectivity index (χ0n) is 17.3. The number of hydrogen-bond donors (Lipinski definition) is 3. The monoisotopic (exact) mass is 431 g/mol. The predicted octanol–water partition coefficient (Wildman–Crippen LogP) is 3.95. The molecule has 0 saturated carbocycles. The first-order valence-electron chi connectivity index (χ1n) is 9.90. The molecule has 0 aliphatic rings. The van der Waals surface area contributed by atoms with Gasteiger partial charge in [-0.15, -0.1) is 0 Å². The summed E-state index contributed by atoms with van der Waals surface area (Å²) in [6.45, 7) is 0. The number of methoxy groups -OCH3 is 1. The van der Waals surface area contributed by atoms with Gasteiger partial charge in [0, 0.05) is 36.1 Å². The summed E-state index contributed by atoms with van der Waals surface area (Å²) in [6, 6.07) is 16.8. The molecule has 0 spiro atoms. The summed E-state index contributed by atoms with van der Waals surface area (Å²) in [5.74, 6) is -0.395. The molecule has 0 aliphatic carbocycles. The highest BCUT2D eigenvalue weighted by Gasteiger charge is 2.14. The number of nitrogens with zero attached hydrogens (tertiary/aromatic N) is 3. The predicted molar refractivity (Wildman–Crippen MR) is 120 cm³/mol. The summed E-state index contributed by atoms with van der Waals surface area (Å²) in [5, 5.41) is 14.8. The number of imidazole rings is 1. The van der Waals surface area contributed by atoms with Crippen LogP contribution >= 0.6 is 0 Å². The number of fused-ring (bicyclic) bond motifs is 1. The van der Waals surface area contributed by atoms with E-state index in [1.165, 1.54) is 7.11 Å². The maximum atomic E-state index is 12.2. The highest BCUT2D eigenvalue weighted by Crippen LogP contribution is 2.31. The van der Waals surface area contributed by atoms with Crippen molar-refractivity contribution in [2.24, 2.45) is 0 Å². The number of aliphatic carboxylic acids is 1. The van der Waals surface area contributed by atoms with Crippen molar-refractivity contribution in [3.63, 3.8) is 0 Å². The minimum Gasteiger partial charge on any atom is -0.495 e. The molecule has 0 fully saturated rings. The minimum atomic E-state index is -1.03. The molecule has 2 heterocycles. The molecule has 162 valence electrons. The molecule has 9 heteroatoms. The molecular weight excluding hydrogens is 410 g/mol. The van der Waals surface area contributed by atoms with E-state index in [-0.39, 0.29) is 12.8 Å². The van der Waals surface area contributed by atoms with Gasteiger partial charge in [0.15, 0.2) is 0 Å². The van der Waals surface area contributed by atoms with Gasteiger partial charge in [-0.2, -0.15) is 0 Å². The third-order valence-electron chi connectivity index (χ3n) is 4.75. The SMILES string of the molecule is COc1ccc(-c2cc3nccn3c(Nc3ccccc3)n2)cc1NC(=O)CCC(=O)O. The number of para-hydroxylation sites is 1. The number of anilines is 3. The molecule has 0 atom stereocenters. The van der Waals surface area contributed by atoms with Crippen molar-refractivity contribution in [2.75, 3.05) is 17.7 Å². The van der Waals surface area contributed by atoms with Crippen molar-refractivity contribution in [1.82, 2.24) is 14.4 Å². The van der Waals surface area contributed by atoms with Gasteiger partial charge in [-0.1, -0.05) is 18.2 Å². The topological polar surface area (TPSA) is 118 Å². The molecule has 4 rings (SSSR count). The van der Waals surface area contributed by atoms with Gasteiger partial charge in [-0.25, -0.2) is 9.97 Å². The molecule has 9 nitrogen and oxygen atoms in total. The van der Waals surface area contributed by atoms with Crippen LogP contribution in [0.15, 0.2) is 67.0 Å². The Morgan fingerprint density at radius 2 is 1.91 bits per heavy atom. The maximum absolute atomic E-state index is 12.2. The quantitative estimate of drug-likeness (QED) is 0.387. The highest BCUT2D eigenvalue weighted by molar-refractivity contribution is 5.94. The number of rotatable bonds is 8. The lowest BCUT2D eigenvalue weighted by Gasteiger charge is -2.13. The largest absolute Gasteiger partial charge is 0.495 e. The minimum absolute atomic E-state index is 0.133. The van der Waals surface area contributed by atoms with E-state index in [4.69, 9.17) is 14.8 Å². The van der Waals surface area contributed by atoms with E-state index in [1.54, 1.807) is 18.3 Å². The second-order valence-electron chi connectivity index (χ2n) is 6.97. The van der Waals surface area contributed by atoms with Crippen molar-refractivity contribution < 1.29 is 19.4 Å². The Balaban J connectivity index is 1.69. The fourth-order valence-corrected chi connectivity index (χ4v) is 3.21. The molecule has 1 amide bonds. The lowest BCUT2D eigenvalue weighted by Crippen LogP contribution is -2.14. The van der Waals surface area contributed by atoms with Gasteiger partial charge in [0.05, 0.1) is 24.9 Å². The number of carboxylic acids is 1. The number of carbonyl (C=O) groups excluding carboxylic acids is 1. The Hall–Kier alpha value is -4.40. The van der Waals surface area contributed by atoms with E-state index in [0.29, 0.717) is 28.7 Å². The lowest BCUT2D eigenvalue weighted by molar-refractivity contribution is -0.138. The summed E-state index contributed by atoms with van der Waals surface area (Å²) >= 11 is 0.